The number of carbonyl (C=O) groups is 1. The number of carbonyl (C=O) groups excluding carboxylic acids is 1. The van der Waals surface area contributed by atoms with Crippen LogP contribution >= 0.6 is 11.6 Å². The van der Waals surface area contributed by atoms with Crippen molar-refractivity contribution < 1.29 is 13.9 Å². The molecule has 0 fully saturated rings. The molecule has 138 valence electrons. The van der Waals surface area contributed by atoms with Crippen LogP contribution < -0.4 is 15.4 Å². The van der Waals surface area contributed by atoms with Crippen molar-refractivity contribution in [2.45, 2.75) is 6.92 Å². The van der Waals surface area contributed by atoms with E-state index in [-0.39, 0.29) is 11.7 Å². The van der Waals surface area contributed by atoms with E-state index < -0.39 is 0 Å². The highest BCUT2D eigenvalue weighted by molar-refractivity contribution is 6.31. The number of rotatable bonds is 5. The molecule has 3 aromatic rings. The van der Waals surface area contributed by atoms with Crippen LogP contribution in [0.5, 0.6) is 5.75 Å². The van der Waals surface area contributed by atoms with E-state index in [0.717, 1.165) is 5.56 Å². The summed E-state index contributed by atoms with van der Waals surface area (Å²) in [5.74, 6) is -0.142. The molecule has 7 heteroatoms. The monoisotopic (exact) mass is 385 g/mol. The molecule has 0 aliphatic rings. The number of hydrogen-bond acceptors (Lipinski definition) is 4. The third-order valence-electron chi connectivity index (χ3n) is 3.86. The van der Waals surface area contributed by atoms with Crippen LogP contribution in [0.15, 0.2) is 54.9 Å². The maximum atomic E-state index is 13.0. The van der Waals surface area contributed by atoms with Gasteiger partial charge in [0.1, 0.15) is 11.6 Å². The summed E-state index contributed by atoms with van der Waals surface area (Å²) < 4.78 is 18.3. The molecule has 27 heavy (non-hydrogen) atoms. The molecule has 1 heterocycles. The molecule has 0 saturated heterocycles. The Balaban J connectivity index is 1.80. The molecule has 2 aromatic carbocycles. The van der Waals surface area contributed by atoms with Crippen LogP contribution in [-0.2, 0) is 0 Å². The number of aromatic nitrogens is 1. The molecule has 1 aromatic heterocycles. The number of benzene rings is 2. The van der Waals surface area contributed by atoms with Gasteiger partial charge in [0.2, 0.25) is 0 Å². The Labute approximate surface area is 161 Å². The maximum absolute atomic E-state index is 13.0. The lowest BCUT2D eigenvalue weighted by atomic mass is 10.2. The average Bonchev–Trinajstić information content (AvgIpc) is 2.66. The highest BCUT2D eigenvalue weighted by Crippen LogP contribution is 2.33. The number of aryl methyl sites for hydroxylation is 1. The Morgan fingerprint density at radius 1 is 1.11 bits per heavy atom. The molecule has 3 rings (SSSR count). The molecular weight excluding hydrogens is 369 g/mol. The predicted molar refractivity (Wildman–Crippen MR) is 105 cm³/mol. The van der Waals surface area contributed by atoms with Gasteiger partial charge in [0, 0.05) is 23.0 Å². The summed E-state index contributed by atoms with van der Waals surface area (Å²) in [4.78, 5) is 16.5. The minimum atomic E-state index is -0.368. The van der Waals surface area contributed by atoms with Crippen LogP contribution in [0.1, 0.15) is 15.9 Å². The topological polar surface area (TPSA) is 63.2 Å². The molecule has 0 unspecified atom stereocenters. The minimum absolute atomic E-state index is 0.350. The molecule has 0 aliphatic heterocycles. The number of nitrogens with one attached hydrogen (secondary N) is 2. The van der Waals surface area contributed by atoms with Gasteiger partial charge in [-0.05, 0) is 48.9 Å². The summed E-state index contributed by atoms with van der Waals surface area (Å²) >= 11 is 6.12. The largest absolute Gasteiger partial charge is 0.495 e. The second kappa shape index (κ2) is 8.05. The lowest BCUT2D eigenvalue weighted by Crippen LogP contribution is -2.12. The first kappa shape index (κ1) is 18.7. The predicted octanol–water partition coefficient (Wildman–Crippen LogP) is 5.19. The Morgan fingerprint density at radius 2 is 1.85 bits per heavy atom. The number of hydrogen-bond donors (Lipinski definition) is 2. The van der Waals surface area contributed by atoms with E-state index in [1.807, 2.05) is 13.0 Å². The van der Waals surface area contributed by atoms with E-state index in [1.165, 1.54) is 30.5 Å². The zero-order valence-electron chi connectivity index (χ0n) is 14.7. The molecule has 5 nitrogen and oxygen atoms in total. The SMILES string of the molecule is COc1cc(Cl)c(C)cc1Nc1cncc(C(=O)Nc2ccc(F)cc2)c1. The van der Waals surface area contributed by atoms with Gasteiger partial charge in [-0.1, -0.05) is 11.6 Å². The first-order valence-corrected chi connectivity index (χ1v) is 8.47. The average molecular weight is 386 g/mol. The molecular formula is C20H17ClFN3O2. The second-order valence-electron chi connectivity index (χ2n) is 5.85. The number of amides is 1. The fraction of sp³-hybridized carbons (Fsp3) is 0.100. The van der Waals surface area contributed by atoms with Gasteiger partial charge < -0.3 is 15.4 Å². The third-order valence-corrected chi connectivity index (χ3v) is 4.27. The van der Waals surface area contributed by atoms with Crippen LogP contribution in [0.2, 0.25) is 5.02 Å². The van der Waals surface area contributed by atoms with Gasteiger partial charge in [-0.25, -0.2) is 4.39 Å². The van der Waals surface area contributed by atoms with Crippen molar-refractivity contribution in [3.8, 4) is 5.75 Å². The first-order chi connectivity index (χ1) is 13.0. The zero-order valence-corrected chi connectivity index (χ0v) is 15.5. The molecule has 0 spiro atoms. The van der Waals surface area contributed by atoms with Crippen molar-refractivity contribution in [2.24, 2.45) is 0 Å². The standard InChI is InChI=1S/C20H17ClFN3O2/c1-12-7-18(19(27-2)9-17(12)21)24-16-8-13(10-23-11-16)20(26)25-15-5-3-14(22)4-6-15/h3-11,24H,1-2H3,(H,25,26). The number of pyridine rings is 1. The lowest BCUT2D eigenvalue weighted by molar-refractivity contribution is 0.102. The lowest BCUT2D eigenvalue weighted by Gasteiger charge is -2.13. The highest BCUT2D eigenvalue weighted by Gasteiger charge is 2.11. The fourth-order valence-electron chi connectivity index (χ4n) is 2.45. The summed E-state index contributed by atoms with van der Waals surface area (Å²) in [5.41, 5.74) is 3.06. The second-order valence-corrected chi connectivity index (χ2v) is 6.26. The van der Waals surface area contributed by atoms with Gasteiger partial charge in [0.15, 0.2) is 0 Å². The van der Waals surface area contributed by atoms with Gasteiger partial charge in [-0.2, -0.15) is 0 Å². The number of nitrogens with zero attached hydrogens (tertiary/aromatic N) is 1. The number of anilines is 3. The van der Waals surface area contributed by atoms with Crippen LogP contribution in [-0.4, -0.2) is 18.0 Å². The normalized spacial score (nSPS) is 10.4. The summed E-state index contributed by atoms with van der Waals surface area (Å²) in [6.07, 6.45) is 3.05. The minimum Gasteiger partial charge on any atom is -0.495 e. The Hall–Kier alpha value is -3.12. The van der Waals surface area contributed by atoms with Crippen LogP contribution in [0.4, 0.5) is 21.5 Å². The Morgan fingerprint density at radius 3 is 2.56 bits per heavy atom. The van der Waals surface area contributed by atoms with Crippen molar-refractivity contribution in [3.05, 3.63) is 76.8 Å². The quantitative estimate of drug-likeness (QED) is 0.634. The Kier molecular flexibility index (Phi) is 5.57. The highest BCUT2D eigenvalue weighted by atomic mass is 35.5. The molecule has 0 radical (unpaired) electrons. The van der Waals surface area contributed by atoms with E-state index in [9.17, 15) is 9.18 Å². The van der Waals surface area contributed by atoms with E-state index in [1.54, 1.807) is 25.4 Å². The van der Waals surface area contributed by atoms with Gasteiger partial charge >= 0.3 is 0 Å². The molecule has 1 amide bonds. The smallest absolute Gasteiger partial charge is 0.257 e. The molecule has 2 N–H and O–H groups in total. The van der Waals surface area contributed by atoms with Gasteiger partial charge in [-0.3, -0.25) is 9.78 Å². The van der Waals surface area contributed by atoms with Crippen molar-refractivity contribution in [1.82, 2.24) is 4.98 Å². The van der Waals surface area contributed by atoms with Crippen LogP contribution in [0, 0.1) is 12.7 Å². The summed E-state index contributed by atoms with van der Waals surface area (Å²) in [7, 11) is 1.55. The molecule has 0 saturated carbocycles. The number of methoxy groups -OCH3 is 1. The summed E-state index contributed by atoms with van der Waals surface area (Å²) in [5, 5.41) is 6.48. The summed E-state index contributed by atoms with van der Waals surface area (Å²) in [6, 6.07) is 10.8. The van der Waals surface area contributed by atoms with E-state index in [0.29, 0.717) is 33.4 Å². The van der Waals surface area contributed by atoms with Gasteiger partial charge in [0.25, 0.3) is 5.91 Å². The van der Waals surface area contributed by atoms with Crippen molar-refractivity contribution >= 4 is 34.6 Å². The van der Waals surface area contributed by atoms with Crippen molar-refractivity contribution in [1.29, 1.82) is 0 Å². The molecule has 0 atom stereocenters. The van der Waals surface area contributed by atoms with E-state index in [4.69, 9.17) is 16.3 Å². The molecule has 0 bridgehead atoms. The fourth-order valence-corrected chi connectivity index (χ4v) is 2.61. The zero-order chi connectivity index (χ0) is 19.4. The third kappa shape index (κ3) is 4.54. The van der Waals surface area contributed by atoms with Gasteiger partial charge in [-0.15, -0.1) is 0 Å². The Bertz CT molecular complexity index is 977. The van der Waals surface area contributed by atoms with Crippen LogP contribution in [0.3, 0.4) is 0 Å². The van der Waals surface area contributed by atoms with E-state index >= 15 is 0 Å². The number of ether oxygens (including phenoxy) is 1. The number of halogens is 2. The maximum Gasteiger partial charge on any atom is 0.257 e. The van der Waals surface area contributed by atoms with Crippen molar-refractivity contribution in [3.63, 3.8) is 0 Å². The van der Waals surface area contributed by atoms with E-state index in [2.05, 4.69) is 15.6 Å². The van der Waals surface area contributed by atoms with Crippen LogP contribution in [0.25, 0.3) is 0 Å². The van der Waals surface area contributed by atoms with Crippen molar-refractivity contribution in [2.75, 3.05) is 17.7 Å². The van der Waals surface area contributed by atoms with Gasteiger partial charge in [0.05, 0.1) is 30.2 Å². The molecule has 0 aliphatic carbocycles. The first-order valence-electron chi connectivity index (χ1n) is 8.09. The summed E-state index contributed by atoms with van der Waals surface area (Å²) in [6.45, 7) is 1.89.